The van der Waals surface area contributed by atoms with Crippen molar-refractivity contribution in [2.45, 2.75) is 169 Å². The fourth-order valence-electron chi connectivity index (χ4n) is 5.14. The van der Waals surface area contributed by atoms with Gasteiger partial charge in [-0.1, -0.05) is 117 Å². The number of rotatable bonds is 24. The first-order chi connectivity index (χ1) is 14.6. The Hall–Kier alpha value is -0.0400. The highest BCUT2D eigenvalue weighted by Crippen LogP contribution is 2.20. The van der Waals surface area contributed by atoms with Gasteiger partial charge in [0.1, 0.15) is 0 Å². The van der Waals surface area contributed by atoms with Gasteiger partial charge in [-0.25, -0.2) is 0 Å². The summed E-state index contributed by atoms with van der Waals surface area (Å²) in [4.78, 5) is 0. The largest absolute Gasteiger partial charge is 0.322 e. The van der Waals surface area contributed by atoms with E-state index in [9.17, 15) is 0 Å². The molecule has 0 radical (unpaired) electrons. The normalized spacial score (nSPS) is 12.2. The van der Waals surface area contributed by atoms with Gasteiger partial charge in [0, 0.05) is 0 Å². The molecule has 0 aliphatic rings. The van der Waals surface area contributed by atoms with Crippen molar-refractivity contribution < 1.29 is 4.48 Å². The van der Waals surface area contributed by atoms with Gasteiger partial charge in [-0.2, -0.15) is 0 Å². The predicted octanol–water partition coefficient (Wildman–Crippen LogP) is 10.1. The number of nitrogens with zero attached hydrogens (tertiary/aromatic N) is 1. The molecule has 0 heterocycles. The summed E-state index contributed by atoms with van der Waals surface area (Å²) >= 11 is 0. The molecule has 30 heavy (non-hydrogen) atoms. The van der Waals surface area contributed by atoms with Crippen LogP contribution in [0, 0.1) is 0 Å². The Kier molecular flexibility index (Phi) is 22.1. The van der Waals surface area contributed by atoms with Crippen molar-refractivity contribution in [3.8, 4) is 0 Å². The smallest absolute Gasteiger partial charge is 0.0833 e. The zero-order valence-corrected chi connectivity index (χ0v) is 22.3. The van der Waals surface area contributed by atoms with Crippen LogP contribution in [-0.2, 0) is 0 Å². The number of hydrogen-bond donors (Lipinski definition) is 0. The average Bonchev–Trinajstić information content (AvgIpc) is 2.74. The molecule has 1 heteroatoms. The second-order valence-corrected chi connectivity index (χ2v) is 10.4. The summed E-state index contributed by atoms with van der Waals surface area (Å²) in [6, 6.07) is 0.784. The van der Waals surface area contributed by atoms with Crippen LogP contribution < -0.4 is 0 Å². The maximum absolute atomic E-state index is 2.47. The highest BCUT2D eigenvalue weighted by molar-refractivity contribution is 4.54. The molecule has 0 unspecified atom stereocenters. The van der Waals surface area contributed by atoms with E-state index in [1.165, 1.54) is 153 Å². The monoisotopic (exact) mass is 424 g/mol. The van der Waals surface area contributed by atoms with Gasteiger partial charge in [0.15, 0.2) is 0 Å². The first-order valence-electron chi connectivity index (χ1n) is 14.5. The lowest BCUT2D eigenvalue weighted by Gasteiger charge is -2.42. The quantitative estimate of drug-likeness (QED) is 0.107. The minimum atomic E-state index is 0.784. The van der Waals surface area contributed by atoms with E-state index in [0.29, 0.717) is 0 Å². The minimum Gasteiger partial charge on any atom is -0.322 e. The van der Waals surface area contributed by atoms with E-state index < -0.39 is 0 Å². The summed E-state index contributed by atoms with van der Waals surface area (Å²) in [7, 11) is 0. The SMILES string of the molecule is CCCCCCCCCCCC[N+](CC)(CCCCCCCCCCCC)C(C)C. The van der Waals surface area contributed by atoms with Crippen molar-refractivity contribution in [1.29, 1.82) is 0 Å². The Morgan fingerprint density at radius 2 is 0.667 bits per heavy atom. The van der Waals surface area contributed by atoms with E-state index in [4.69, 9.17) is 0 Å². The molecular weight excluding hydrogens is 362 g/mol. The fourth-order valence-corrected chi connectivity index (χ4v) is 5.14. The van der Waals surface area contributed by atoms with Crippen molar-refractivity contribution in [3.05, 3.63) is 0 Å². The second kappa shape index (κ2) is 22.2. The van der Waals surface area contributed by atoms with Gasteiger partial charge in [0.05, 0.1) is 25.7 Å². The summed E-state index contributed by atoms with van der Waals surface area (Å²) < 4.78 is 1.37. The van der Waals surface area contributed by atoms with Gasteiger partial charge < -0.3 is 4.48 Å². The van der Waals surface area contributed by atoms with Gasteiger partial charge >= 0.3 is 0 Å². The predicted molar refractivity (Wildman–Crippen MR) is 139 cm³/mol. The van der Waals surface area contributed by atoms with Gasteiger partial charge in [-0.05, 0) is 46.5 Å². The fraction of sp³-hybridized carbons (Fsp3) is 1.00. The number of unbranched alkanes of at least 4 members (excludes halogenated alkanes) is 18. The first-order valence-corrected chi connectivity index (χ1v) is 14.5. The molecule has 0 saturated carbocycles. The molecule has 0 aliphatic carbocycles. The Morgan fingerprint density at radius 3 is 0.900 bits per heavy atom. The topological polar surface area (TPSA) is 0 Å². The summed E-state index contributed by atoms with van der Waals surface area (Å²) in [5, 5.41) is 0. The van der Waals surface area contributed by atoms with Crippen LogP contribution in [0.5, 0.6) is 0 Å². The van der Waals surface area contributed by atoms with Gasteiger partial charge in [0.2, 0.25) is 0 Å². The zero-order valence-electron chi connectivity index (χ0n) is 22.3. The Balaban J connectivity index is 3.81. The molecule has 0 rings (SSSR count). The second-order valence-electron chi connectivity index (χ2n) is 10.4. The van der Waals surface area contributed by atoms with E-state index in [2.05, 4.69) is 34.6 Å². The molecule has 0 fully saturated rings. The van der Waals surface area contributed by atoms with E-state index >= 15 is 0 Å². The molecule has 0 saturated heterocycles. The van der Waals surface area contributed by atoms with Crippen molar-refractivity contribution in [3.63, 3.8) is 0 Å². The first kappa shape index (κ1) is 30.0. The number of hydrogen-bond acceptors (Lipinski definition) is 0. The number of quaternary nitrogens is 1. The molecule has 0 aliphatic heterocycles. The maximum Gasteiger partial charge on any atom is 0.0833 e. The van der Waals surface area contributed by atoms with Gasteiger partial charge in [-0.3, -0.25) is 0 Å². The van der Waals surface area contributed by atoms with Crippen LogP contribution in [0.25, 0.3) is 0 Å². The summed E-state index contributed by atoms with van der Waals surface area (Å²) in [5.74, 6) is 0. The summed E-state index contributed by atoms with van der Waals surface area (Å²) in [6.07, 6.45) is 29.0. The Morgan fingerprint density at radius 1 is 0.400 bits per heavy atom. The third-order valence-corrected chi connectivity index (χ3v) is 7.64. The molecule has 0 aromatic heterocycles. The van der Waals surface area contributed by atoms with E-state index in [1.54, 1.807) is 0 Å². The lowest BCUT2D eigenvalue weighted by atomic mass is 10.0. The summed E-state index contributed by atoms with van der Waals surface area (Å²) in [5.41, 5.74) is 0. The van der Waals surface area contributed by atoms with Crippen LogP contribution in [-0.4, -0.2) is 30.2 Å². The minimum absolute atomic E-state index is 0.784. The maximum atomic E-state index is 2.47. The third kappa shape index (κ3) is 16.6. The van der Waals surface area contributed by atoms with Crippen LogP contribution in [0.15, 0.2) is 0 Å². The molecule has 182 valence electrons. The van der Waals surface area contributed by atoms with E-state index in [1.807, 2.05) is 0 Å². The van der Waals surface area contributed by atoms with Crippen LogP contribution >= 0.6 is 0 Å². The van der Waals surface area contributed by atoms with Crippen LogP contribution in [0.3, 0.4) is 0 Å². The van der Waals surface area contributed by atoms with Gasteiger partial charge in [0.25, 0.3) is 0 Å². The van der Waals surface area contributed by atoms with Crippen LogP contribution in [0.4, 0.5) is 0 Å². The highest BCUT2D eigenvalue weighted by atomic mass is 15.4. The standard InChI is InChI=1S/C29H62N/c1-6-9-11-13-15-17-19-21-23-25-27-30(8-3,29(4)5)28-26-24-22-20-18-16-14-12-10-7-2/h29H,6-28H2,1-5H3/q+1. The average molecular weight is 425 g/mol. The molecule has 0 bridgehead atoms. The molecule has 0 spiro atoms. The molecule has 0 aromatic carbocycles. The van der Waals surface area contributed by atoms with Gasteiger partial charge in [-0.15, -0.1) is 0 Å². The van der Waals surface area contributed by atoms with E-state index in [-0.39, 0.29) is 0 Å². The summed E-state index contributed by atoms with van der Waals surface area (Å²) in [6.45, 7) is 16.2. The zero-order chi connectivity index (χ0) is 22.3. The van der Waals surface area contributed by atoms with Crippen LogP contribution in [0.2, 0.25) is 0 Å². The molecule has 0 amide bonds. The lowest BCUT2D eigenvalue weighted by Crippen LogP contribution is -2.54. The van der Waals surface area contributed by atoms with Crippen molar-refractivity contribution in [2.24, 2.45) is 0 Å². The third-order valence-electron chi connectivity index (χ3n) is 7.64. The molecule has 1 nitrogen and oxygen atoms in total. The van der Waals surface area contributed by atoms with E-state index in [0.717, 1.165) is 6.04 Å². The Labute approximate surface area is 193 Å². The van der Waals surface area contributed by atoms with Crippen molar-refractivity contribution >= 4 is 0 Å². The molecule has 0 aromatic rings. The molecule has 0 atom stereocenters. The molecular formula is C29H62N+. The lowest BCUT2D eigenvalue weighted by molar-refractivity contribution is -0.946. The van der Waals surface area contributed by atoms with Crippen molar-refractivity contribution in [2.75, 3.05) is 19.6 Å². The molecule has 0 N–H and O–H groups in total. The Bertz CT molecular complexity index is 298. The highest BCUT2D eigenvalue weighted by Gasteiger charge is 2.28. The van der Waals surface area contributed by atoms with Crippen molar-refractivity contribution in [1.82, 2.24) is 0 Å². The van der Waals surface area contributed by atoms with Crippen LogP contribution in [0.1, 0.15) is 163 Å².